The van der Waals surface area contributed by atoms with Crippen LogP contribution in [0.25, 0.3) is 0 Å². The van der Waals surface area contributed by atoms with Crippen molar-refractivity contribution in [3.63, 3.8) is 0 Å². The van der Waals surface area contributed by atoms with Crippen LogP contribution in [-0.4, -0.2) is 41.0 Å². The molecule has 2 aromatic rings. The molecule has 1 N–H and O–H groups in total. The number of aromatic nitrogens is 2. The zero-order valence-electron chi connectivity index (χ0n) is 12.9. The van der Waals surface area contributed by atoms with Gasteiger partial charge >= 0.3 is 6.18 Å². The van der Waals surface area contributed by atoms with Gasteiger partial charge in [0.2, 0.25) is 0 Å². The first kappa shape index (κ1) is 16.5. The maximum Gasteiger partial charge on any atom is 0.433 e. The molecular weight excluding hydrogens is 323 g/mol. The lowest BCUT2D eigenvalue weighted by Crippen LogP contribution is -2.35. The molecule has 5 nitrogen and oxygen atoms in total. The fraction of sp³-hybridized carbons (Fsp3) is 0.375. The Bertz CT molecular complexity index is 742. The Balaban J connectivity index is 1.78. The molecule has 1 aliphatic heterocycles. The zero-order chi connectivity index (χ0) is 17.3. The lowest BCUT2D eigenvalue weighted by molar-refractivity contribution is -0.141. The Kier molecular flexibility index (Phi) is 4.31. The van der Waals surface area contributed by atoms with Crippen LogP contribution < -0.4 is 0 Å². The Hall–Kier alpha value is -2.35. The molecule has 0 saturated carbocycles. The van der Waals surface area contributed by atoms with E-state index < -0.39 is 23.5 Å². The van der Waals surface area contributed by atoms with Crippen molar-refractivity contribution in [2.24, 2.45) is 0 Å². The van der Waals surface area contributed by atoms with Crippen LogP contribution in [0.2, 0.25) is 0 Å². The van der Waals surface area contributed by atoms with Crippen LogP contribution in [-0.2, 0) is 17.3 Å². The fourth-order valence-electron chi connectivity index (χ4n) is 2.81. The first-order valence-corrected chi connectivity index (χ1v) is 7.43. The summed E-state index contributed by atoms with van der Waals surface area (Å²) >= 11 is 0. The largest absolute Gasteiger partial charge is 0.433 e. The lowest BCUT2D eigenvalue weighted by Gasteiger charge is -2.29. The van der Waals surface area contributed by atoms with E-state index in [1.165, 1.54) is 11.9 Å². The molecule has 1 atom stereocenters. The molecule has 0 spiro atoms. The highest BCUT2D eigenvalue weighted by molar-refractivity contribution is 5.93. The van der Waals surface area contributed by atoms with Crippen LogP contribution in [0.1, 0.15) is 33.4 Å². The Morgan fingerprint density at radius 3 is 2.92 bits per heavy atom. The minimum absolute atomic E-state index is 0.153. The topological polar surface area (TPSA) is 58.2 Å². The van der Waals surface area contributed by atoms with E-state index in [1.807, 2.05) is 29.2 Å². The standard InChI is InChI=1S/C16H16F3N3O2/c1-22(15(23)13-14(16(17,18)19)21-9-20-13)8-12-11-5-3-2-4-10(11)6-7-24-12/h2-5,9,12H,6-8H2,1H3,(H,20,21). The number of carbonyl (C=O) groups excluding carboxylic acids is 1. The highest BCUT2D eigenvalue weighted by Crippen LogP contribution is 2.31. The Morgan fingerprint density at radius 2 is 2.17 bits per heavy atom. The molecule has 1 aromatic heterocycles. The number of fused-ring (bicyclic) bond motifs is 1. The number of amides is 1. The predicted molar refractivity (Wildman–Crippen MR) is 79.4 cm³/mol. The van der Waals surface area contributed by atoms with Crippen molar-refractivity contribution in [3.05, 3.63) is 53.1 Å². The molecule has 128 valence electrons. The first-order valence-electron chi connectivity index (χ1n) is 7.43. The van der Waals surface area contributed by atoms with E-state index in [0.717, 1.165) is 23.9 Å². The summed E-state index contributed by atoms with van der Waals surface area (Å²) in [5, 5.41) is 0. The van der Waals surface area contributed by atoms with Gasteiger partial charge < -0.3 is 14.6 Å². The number of halogens is 3. The Labute approximate surface area is 136 Å². The molecule has 0 aliphatic carbocycles. The lowest BCUT2D eigenvalue weighted by atomic mass is 9.97. The first-order chi connectivity index (χ1) is 11.4. The number of hydrogen-bond donors (Lipinski definition) is 1. The summed E-state index contributed by atoms with van der Waals surface area (Å²) in [5.41, 5.74) is 0.324. The quantitative estimate of drug-likeness (QED) is 0.935. The van der Waals surface area contributed by atoms with Gasteiger partial charge in [-0.25, -0.2) is 4.98 Å². The summed E-state index contributed by atoms with van der Waals surface area (Å²) in [6, 6.07) is 7.70. The third-order valence-corrected chi connectivity index (χ3v) is 4.00. The van der Waals surface area contributed by atoms with E-state index in [-0.39, 0.29) is 12.6 Å². The van der Waals surface area contributed by atoms with Crippen molar-refractivity contribution in [3.8, 4) is 0 Å². The smallest absolute Gasteiger partial charge is 0.371 e. The van der Waals surface area contributed by atoms with E-state index in [2.05, 4.69) is 4.98 Å². The van der Waals surface area contributed by atoms with E-state index in [0.29, 0.717) is 6.61 Å². The minimum atomic E-state index is -4.66. The maximum atomic E-state index is 12.9. The average Bonchev–Trinajstić information content (AvgIpc) is 3.04. The Morgan fingerprint density at radius 1 is 1.42 bits per heavy atom. The van der Waals surface area contributed by atoms with Gasteiger partial charge in [0.15, 0.2) is 11.4 Å². The van der Waals surface area contributed by atoms with Gasteiger partial charge in [-0.3, -0.25) is 4.79 Å². The van der Waals surface area contributed by atoms with Crippen molar-refractivity contribution >= 4 is 5.91 Å². The van der Waals surface area contributed by atoms with Gasteiger partial charge in [0, 0.05) is 7.05 Å². The van der Waals surface area contributed by atoms with Gasteiger partial charge in [0.05, 0.1) is 19.5 Å². The SMILES string of the molecule is CN(CC1OCCc2ccccc21)C(=O)c1nc[nH]c1C(F)(F)F. The molecule has 1 amide bonds. The maximum absolute atomic E-state index is 12.9. The normalized spacial score (nSPS) is 17.4. The van der Waals surface area contributed by atoms with Gasteiger partial charge in [0.1, 0.15) is 6.10 Å². The zero-order valence-corrected chi connectivity index (χ0v) is 12.9. The second kappa shape index (κ2) is 6.27. The second-order valence-corrected chi connectivity index (χ2v) is 5.62. The molecule has 0 saturated heterocycles. The van der Waals surface area contributed by atoms with E-state index >= 15 is 0 Å². The molecule has 0 radical (unpaired) electrons. The van der Waals surface area contributed by atoms with Gasteiger partial charge in [-0.1, -0.05) is 24.3 Å². The number of carbonyl (C=O) groups is 1. The number of aromatic amines is 1. The van der Waals surface area contributed by atoms with Crippen molar-refractivity contribution in [1.82, 2.24) is 14.9 Å². The van der Waals surface area contributed by atoms with Crippen LogP contribution in [0.4, 0.5) is 13.2 Å². The van der Waals surface area contributed by atoms with Crippen molar-refractivity contribution in [1.29, 1.82) is 0 Å². The summed E-state index contributed by atoms with van der Waals surface area (Å²) in [6.45, 7) is 0.667. The molecular formula is C16H16F3N3O2. The third kappa shape index (κ3) is 3.14. The van der Waals surface area contributed by atoms with Crippen LogP contribution in [0.3, 0.4) is 0 Å². The van der Waals surface area contributed by atoms with Crippen LogP contribution in [0.15, 0.2) is 30.6 Å². The molecule has 1 aromatic carbocycles. The van der Waals surface area contributed by atoms with Crippen LogP contribution >= 0.6 is 0 Å². The molecule has 1 unspecified atom stereocenters. The van der Waals surface area contributed by atoms with Gasteiger partial charge in [-0.15, -0.1) is 0 Å². The number of H-pyrrole nitrogens is 1. The van der Waals surface area contributed by atoms with Crippen molar-refractivity contribution in [2.45, 2.75) is 18.7 Å². The molecule has 0 fully saturated rings. The van der Waals surface area contributed by atoms with E-state index in [9.17, 15) is 18.0 Å². The number of ether oxygens (including phenoxy) is 1. The number of imidazole rings is 1. The number of rotatable bonds is 3. The van der Waals surface area contributed by atoms with Crippen LogP contribution in [0.5, 0.6) is 0 Å². The van der Waals surface area contributed by atoms with E-state index in [4.69, 9.17) is 4.74 Å². The summed E-state index contributed by atoms with van der Waals surface area (Å²) in [6.07, 6.45) is -3.37. The van der Waals surface area contributed by atoms with Gasteiger partial charge in [-0.05, 0) is 17.5 Å². The molecule has 24 heavy (non-hydrogen) atoms. The molecule has 0 bridgehead atoms. The van der Waals surface area contributed by atoms with Crippen molar-refractivity contribution in [2.75, 3.05) is 20.2 Å². The number of alkyl halides is 3. The van der Waals surface area contributed by atoms with Crippen molar-refractivity contribution < 1.29 is 22.7 Å². The highest BCUT2D eigenvalue weighted by Gasteiger charge is 2.39. The molecule has 8 heteroatoms. The summed E-state index contributed by atoms with van der Waals surface area (Å²) < 4.78 is 44.4. The minimum Gasteiger partial charge on any atom is -0.371 e. The molecule has 3 rings (SSSR count). The number of nitrogens with zero attached hydrogens (tertiary/aromatic N) is 2. The van der Waals surface area contributed by atoms with Crippen LogP contribution in [0, 0.1) is 0 Å². The third-order valence-electron chi connectivity index (χ3n) is 4.00. The number of likely N-dealkylation sites (N-methyl/N-ethyl adjacent to an activating group) is 1. The highest BCUT2D eigenvalue weighted by atomic mass is 19.4. The van der Waals surface area contributed by atoms with Gasteiger partial charge in [0.25, 0.3) is 5.91 Å². The monoisotopic (exact) mass is 339 g/mol. The fourth-order valence-corrected chi connectivity index (χ4v) is 2.81. The molecule has 1 aliphatic rings. The summed E-state index contributed by atoms with van der Waals surface area (Å²) in [5.74, 6) is -0.796. The summed E-state index contributed by atoms with van der Waals surface area (Å²) in [7, 11) is 1.44. The molecule has 2 heterocycles. The average molecular weight is 339 g/mol. The van der Waals surface area contributed by atoms with Gasteiger partial charge in [-0.2, -0.15) is 13.2 Å². The number of nitrogens with one attached hydrogen (secondary N) is 1. The predicted octanol–water partition coefficient (Wildman–Crippen LogP) is 2.81. The summed E-state index contributed by atoms with van der Waals surface area (Å²) in [4.78, 5) is 19.1. The van der Waals surface area contributed by atoms with E-state index in [1.54, 1.807) is 0 Å². The number of benzene rings is 1. The second-order valence-electron chi connectivity index (χ2n) is 5.62. The number of hydrogen-bond acceptors (Lipinski definition) is 3.